The number of pyridine rings is 1. The summed E-state index contributed by atoms with van der Waals surface area (Å²) < 4.78 is 0. The van der Waals surface area contributed by atoms with Crippen LogP contribution in [0.1, 0.15) is 31.0 Å². The molecular formula is C15H22N4. The van der Waals surface area contributed by atoms with Crippen LogP contribution in [0.2, 0.25) is 0 Å². The normalized spacial score (nSPS) is 11.1. The molecule has 2 rings (SSSR count). The van der Waals surface area contributed by atoms with Gasteiger partial charge in [-0.1, -0.05) is 13.8 Å². The quantitative estimate of drug-likeness (QED) is 0.656. The van der Waals surface area contributed by atoms with Gasteiger partial charge in [-0.2, -0.15) is 0 Å². The van der Waals surface area contributed by atoms with Crippen LogP contribution < -0.4 is 16.2 Å². The number of nitrogens with two attached hydrogens (primary N) is 1. The molecule has 0 fully saturated rings. The highest BCUT2D eigenvalue weighted by Gasteiger charge is 2.15. The Balaban J connectivity index is 2.81. The summed E-state index contributed by atoms with van der Waals surface area (Å²) >= 11 is 0. The maximum Gasteiger partial charge on any atom is 0.0728 e. The monoisotopic (exact) mass is 258 g/mol. The number of hydrazine groups is 1. The number of nitrogen functional groups attached to an aromatic ring is 1. The topological polar surface area (TPSA) is 54.2 Å². The molecule has 1 aromatic heterocycles. The first kappa shape index (κ1) is 13.6. The van der Waals surface area contributed by atoms with E-state index in [1.54, 1.807) is 0 Å². The number of rotatable bonds is 3. The Hall–Kier alpha value is -1.81. The molecule has 0 spiro atoms. The second-order valence-corrected chi connectivity index (χ2v) is 5.38. The molecule has 1 heterocycles. The predicted molar refractivity (Wildman–Crippen MR) is 82.7 cm³/mol. The fourth-order valence-electron chi connectivity index (χ4n) is 2.53. The van der Waals surface area contributed by atoms with Gasteiger partial charge in [0.25, 0.3) is 0 Å². The van der Waals surface area contributed by atoms with E-state index in [1.165, 1.54) is 5.56 Å². The van der Waals surface area contributed by atoms with Crippen molar-refractivity contribution in [3.63, 3.8) is 0 Å². The van der Waals surface area contributed by atoms with Gasteiger partial charge in [-0.3, -0.25) is 10.8 Å². The third-order valence-electron chi connectivity index (χ3n) is 3.43. The summed E-state index contributed by atoms with van der Waals surface area (Å²) in [6.45, 7) is 6.36. The number of hydrogen-bond donors (Lipinski definition) is 2. The highest BCUT2D eigenvalue weighted by Crippen LogP contribution is 2.34. The van der Waals surface area contributed by atoms with E-state index >= 15 is 0 Å². The highest BCUT2D eigenvalue weighted by atomic mass is 15.2. The van der Waals surface area contributed by atoms with Crippen LogP contribution in [0.25, 0.3) is 10.9 Å². The molecule has 1 aromatic carbocycles. The molecule has 19 heavy (non-hydrogen) atoms. The van der Waals surface area contributed by atoms with Gasteiger partial charge in [-0.25, -0.2) is 0 Å². The molecule has 0 saturated carbocycles. The summed E-state index contributed by atoms with van der Waals surface area (Å²) in [4.78, 5) is 6.77. The molecule has 0 amide bonds. The Morgan fingerprint density at radius 2 is 1.95 bits per heavy atom. The second kappa shape index (κ2) is 5.05. The maximum atomic E-state index is 5.76. The molecular weight excluding hydrogens is 236 g/mol. The van der Waals surface area contributed by atoms with Gasteiger partial charge in [-0.05, 0) is 31.0 Å². The molecule has 0 radical (unpaired) electrons. The fraction of sp³-hybridized carbons (Fsp3) is 0.400. The minimum Gasteiger partial charge on any atom is -0.378 e. The maximum absolute atomic E-state index is 5.76. The van der Waals surface area contributed by atoms with E-state index < -0.39 is 0 Å². The first-order valence-corrected chi connectivity index (χ1v) is 6.54. The van der Waals surface area contributed by atoms with Crippen molar-refractivity contribution in [1.29, 1.82) is 0 Å². The van der Waals surface area contributed by atoms with Gasteiger partial charge >= 0.3 is 0 Å². The van der Waals surface area contributed by atoms with Crippen molar-refractivity contribution in [2.45, 2.75) is 26.7 Å². The summed E-state index contributed by atoms with van der Waals surface area (Å²) in [7, 11) is 4.06. The van der Waals surface area contributed by atoms with Crippen molar-refractivity contribution in [2.24, 2.45) is 5.84 Å². The van der Waals surface area contributed by atoms with E-state index in [2.05, 4.69) is 36.3 Å². The van der Waals surface area contributed by atoms with Gasteiger partial charge in [0, 0.05) is 36.4 Å². The van der Waals surface area contributed by atoms with Crippen molar-refractivity contribution < 1.29 is 0 Å². The van der Waals surface area contributed by atoms with Gasteiger partial charge in [0.15, 0.2) is 0 Å². The van der Waals surface area contributed by atoms with E-state index in [-0.39, 0.29) is 0 Å². The van der Waals surface area contributed by atoms with E-state index in [0.29, 0.717) is 5.92 Å². The lowest BCUT2D eigenvalue weighted by Crippen LogP contribution is -2.13. The van der Waals surface area contributed by atoms with Gasteiger partial charge in [-0.15, -0.1) is 0 Å². The molecule has 0 aliphatic carbocycles. The molecule has 2 aromatic rings. The predicted octanol–water partition coefficient (Wildman–Crippen LogP) is 3.02. The smallest absolute Gasteiger partial charge is 0.0728 e. The number of fused-ring (bicyclic) bond motifs is 1. The zero-order valence-corrected chi connectivity index (χ0v) is 12.3. The zero-order valence-electron chi connectivity index (χ0n) is 12.3. The molecule has 102 valence electrons. The van der Waals surface area contributed by atoms with Crippen LogP contribution in [0, 0.1) is 6.92 Å². The summed E-state index contributed by atoms with van der Waals surface area (Å²) in [6, 6.07) is 6.25. The van der Waals surface area contributed by atoms with Crippen molar-refractivity contribution in [1.82, 2.24) is 4.98 Å². The largest absolute Gasteiger partial charge is 0.378 e. The molecule has 3 N–H and O–H groups in total. The Kier molecular flexibility index (Phi) is 3.62. The number of hydrogen-bond acceptors (Lipinski definition) is 4. The van der Waals surface area contributed by atoms with E-state index in [0.717, 1.165) is 28.0 Å². The number of aryl methyl sites for hydroxylation is 1. The summed E-state index contributed by atoms with van der Waals surface area (Å²) in [5, 5.41) is 1.07. The number of benzene rings is 1. The van der Waals surface area contributed by atoms with Crippen molar-refractivity contribution >= 4 is 22.3 Å². The lowest BCUT2D eigenvalue weighted by molar-refractivity contribution is 0.848. The Morgan fingerprint density at radius 1 is 1.26 bits per heavy atom. The summed E-state index contributed by atoms with van der Waals surface area (Å²) in [5.74, 6) is 6.14. The SMILES string of the molecule is Cc1nc2ccc(N(C)C)cc2c(NN)c1C(C)C. The van der Waals surface area contributed by atoms with Crippen molar-refractivity contribution in [2.75, 3.05) is 24.4 Å². The van der Waals surface area contributed by atoms with E-state index in [1.807, 2.05) is 27.1 Å². The van der Waals surface area contributed by atoms with E-state index in [9.17, 15) is 0 Å². The van der Waals surface area contributed by atoms with E-state index in [4.69, 9.17) is 10.8 Å². The van der Waals surface area contributed by atoms with Gasteiger partial charge in [0.2, 0.25) is 0 Å². The number of aromatic nitrogens is 1. The highest BCUT2D eigenvalue weighted by molar-refractivity contribution is 5.95. The van der Waals surface area contributed by atoms with Crippen LogP contribution in [-0.2, 0) is 0 Å². The first-order chi connectivity index (χ1) is 8.95. The third kappa shape index (κ3) is 2.36. The third-order valence-corrected chi connectivity index (χ3v) is 3.43. The lowest BCUT2D eigenvalue weighted by Gasteiger charge is -2.19. The zero-order chi connectivity index (χ0) is 14.2. The van der Waals surface area contributed by atoms with Crippen LogP contribution in [0.4, 0.5) is 11.4 Å². The minimum absolute atomic E-state index is 0.381. The van der Waals surface area contributed by atoms with Crippen molar-refractivity contribution in [3.05, 3.63) is 29.5 Å². The van der Waals surface area contributed by atoms with Gasteiger partial charge in [0.1, 0.15) is 0 Å². The Labute approximate surface area is 114 Å². The van der Waals surface area contributed by atoms with Crippen LogP contribution in [0.5, 0.6) is 0 Å². The van der Waals surface area contributed by atoms with Gasteiger partial charge < -0.3 is 10.3 Å². The molecule has 0 unspecified atom stereocenters. The Bertz CT molecular complexity index is 603. The first-order valence-electron chi connectivity index (χ1n) is 6.54. The van der Waals surface area contributed by atoms with Crippen molar-refractivity contribution in [3.8, 4) is 0 Å². The Morgan fingerprint density at radius 3 is 2.47 bits per heavy atom. The number of nitrogens with zero attached hydrogens (tertiary/aromatic N) is 2. The van der Waals surface area contributed by atoms with Crippen LogP contribution in [0.15, 0.2) is 18.2 Å². The average molecular weight is 258 g/mol. The molecule has 0 bridgehead atoms. The van der Waals surface area contributed by atoms with Gasteiger partial charge in [0.05, 0.1) is 11.2 Å². The molecule has 4 nitrogen and oxygen atoms in total. The number of anilines is 2. The lowest BCUT2D eigenvalue weighted by atomic mass is 9.96. The number of nitrogens with one attached hydrogen (secondary N) is 1. The summed E-state index contributed by atoms with van der Waals surface area (Å²) in [5.41, 5.74) is 8.19. The second-order valence-electron chi connectivity index (χ2n) is 5.38. The minimum atomic E-state index is 0.381. The molecule has 0 aliphatic heterocycles. The van der Waals surface area contributed by atoms with Crippen LogP contribution in [0.3, 0.4) is 0 Å². The molecule has 4 heteroatoms. The summed E-state index contributed by atoms with van der Waals surface area (Å²) in [6.07, 6.45) is 0. The molecule has 0 aliphatic rings. The van der Waals surface area contributed by atoms with Crippen LogP contribution >= 0.6 is 0 Å². The molecule has 0 saturated heterocycles. The molecule has 0 atom stereocenters. The van der Waals surface area contributed by atoms with Crippen LogP contribution in [-0.4, -0.2) is 19.1 Å². The average Bonchev–Trinajstić information content (AvgIpc) is 2.35. The fourth-order valence-corrected chi connectivity index (χ4v) is 2.53. The standard InChI is InChI=1S/C15H22N4/c1-9(2)14-10(3)17-13-7-6-11(19(4)5)8-12(13)15(14)18-16/h6-9H,16H2,1-5H3,(H,17,18).